The first-order chi connectivity index (χ1) is 6.53. The van der Waals surface area contributed by atoms with E-state index >= 15 is 0 Å². The predicted octanol–water partition coefficient (Wildman–Crippen LogP) is 2.80. The first-order valence-corrected chi connectivity index (χ1v) is 7.14. The van der Waals surface area contributed by atoms with Gasteiger partial charge in [0.1, 0.15) is 0 Å². The van der Waals surface area contributed by atoms with E-state index in [0.29, 0.717) is 5.66 Å². The maximum absolute atomic E-state index is 10.1. The number of hydrogen-bond donors (Lipinski definition) is 1. The molecule has 0 aromatic carbocycles. The third-order valence-electron chi connectivity index (χ3n) is 3.63. The molecular weight excluding hydrogens is 191 g/mol. The van der Waals surface area contributed by atoms with Gasteiger partial charge in [0.2, 0.25) is 0 Å². The molecule has 0 aromatic rings. The van der Waals surface area contributed by atoms with Crippen molar-refractivity contribution in [2.24, 2.45) is 5.41 Å². The summed E-state index contributed by atoms with van der Waals surface area (Å²) in [4.78, 5) is 10.1. The SMILES string of the molecule is C=C/C=C\C(=C)C12CCP(=C)(O)C1C2. The van der Waals surface area contributed by atoms with Crippen LogP contribution in [0.4, 0.5) is 0 Å². The van der Waals surface area contributed by atoms with Gasteiger partial charge in [0.25, 0.3) is 0 Å². The van der Waals surface area contributed by atoms with Gasteiger partial charge in [-0.15, -0.1) is 0 Å². The quantitative estimate of drug-likeness (QED) is 0.558. The number of rotatable bonds is 3. The van der Waals surface area contributed by atoms with Crippen LogP contribution >= 0.6 is 7.11 Å². The predicted molar refractivity (Wildman–Crippen MR) is 65.1 cm³/mol. The van der Waals surface area contributed by atoms with Gasteiger partial charge in [-0.3, -0.25) is 0 Å². The highest BCUT2D eigenvalue weighted by molar-refractivity contribution is 7.69. The molecule has 0 aromatic heterocycles. The van der Waals surface area contributed by atoms with Crippen LogP contribution in [0.2, 0.25) is 0 Å². The molecule has 2 rings (SSSR count). The highest BCUT2D eigenvalue weighted by Gasteiger charge is 2.64. The molecule has 2 heteroatoms. The van der Waals surface area contributed by atoms with Gasteiger partial charge in [0.05, 0.1) is 0 Å². The second-order valence-electron chi connectivity index (χ2n) is 4.46. The number of hydrogen-bond acceptors (Lipinski definition) is 1. The second-order valence-corrected chi connectivity index (χ2v) is 7.50. The Morgan fingerprint density at radius 1 is 1.57 bits per heavy atom. The smallest absolute Gasteiger partial charge is 0.0113 e. The van der Waals surface area contributed by atoms with E-state index in [9.17, 15) is 4.89 Å². The molecule has 1 aliphatic carbocycles. The molecule has 1 saturated carbocycles. The molecule has 76 valence electrons. The van der Waals surface area contributed by atoms with E-state index in [4.69, 9.17) is 0 Å². The fourth-order valence-corrected chi connectivity index (χ4v) is 5.57. The fourth-order valence-electron chi connectivity index (χ4n) is 2.59. The average Bonchev–Trinajstić information content (AvgIpc) is 2.83. The van der Waals surface area contributed by atoms with Crippen molar-refractivity contribution in [1.29, 1.82) is 0 Å². The van der Waals surface area contributed by atoms with Crippen LogP contribution in [0.5, 0.6) is 0 Å². The molecule has 0 bridgehead atoms. The molecule has 3 unspecified atom stereocenters. The van der Waals surface area contributed by atoms with Gasteiger partial charge in [-0.1, -0.05) is 37.7 Å². The van der Waals surface area contributed by atoms with Crippen LogP contribution in [0.15, 0.2) is 37.0 Å². The van der Waals surface area contributed by atoms with Crippen LogP contribution in [0.25, 0.3) is 0 Å². The topological polar surface area (TPSA) is 20.2 Å². The number of fused-ring (bicyclic) bond motifs is 1. The van der Waals surface area contributed by atoms with Gasteiger partial charge < -0.3 is 4.89 Å². The molecule has 0 amide bonds. The summed E-state index contributed by atoms with van der Waals surface area (Å²) in [5.74, 6) is 0. The normalized spacial score (nSPS) is 45.1. The summed E-state index contributed by atoms with van der Waals surface area (Å²) in [6, 6.07) is 0. The van der Waals surface area contributed by atoms with Crippen molar-refractivity contribution in [3.05, 3.63) is 37.0 Å². The fraction of sp³-hybridized carbons (Fsp3) is 0.417. The van der Waals surface area contributed by atoms with E-state index in [2.05, 4.69) is 19.5 Å². The minimum Gasteiger partial charge on any atom is -0.376 e. The zero-order chi connectivity index (χ0) is 10.4. The van der Waals surface area contributed by atoms with Crippen molar-refractivity contribution >= 4 is 13.4 Å². The van der Waals surface area contributed by atoms with E-state index in [0.717, 1.165) is 24.6 Å². The Labute approximate surface area is 85.9 Å². The standard InChI is InChI=1S/C12H17OP/c1-4-5-6-10(2)12-7-8-14(3,13)11(12)9-12/h4-6,11,13H,1-3,7-9H2/b6-5-. The molecule has 0 spiro atoms. The lowest BCUT2D eigenvalue weighted by Gasteiger charge is -2.10. The van der Waals surface area contributed by atoms with Crippen molar-refractivity contribution in [1.82, 2.24) is 0 Å². The Bertz CT molecular complexity index is 367. The van der Waals surface area contributed by atoms with Crippen LogP contribution in [-0.2, 0) is 0 Å². The third kappa shape index (κ3) is 1.27. The summed E-state index contributed by atoms with van der Waals surface area (Å²) in [6.07, 6.45) is 12.8. The molecule has 2 fully saturated rings. The summed E-state index contributed by atoms with van der Waals surface area (Å²) in [5.41, 5.74) is 1.81. The molecule has 3 atom stereocenters. The maximum atomic E-state index is 10.1. The number of allylic oxidation sites excluding steroid dienone is 4. The first-order valence-electron chi connectivity index (χ1n) is 4.96. The Morgan fingerprint density at radius 3 is 2.71 bits per heavy atom. The summed E-state index contributed by atoms with van der Waals surface area (Å²) < 4.78 is 0. The highest BCUT2D eigenvalue weighted by Crippen LogP contribution is 2.77. The lowest BCUT2D eigenvalue weighted by molar-refractivity contribution is 0.618. The monoisotopic (exact) mass is 208 g/mol. The first kappa shape index (κ1) is 10.0. The zero-order valence-corrected chi connectivity index (χ0v) is 9.34. The van der Waals surface area contributed by atoms with E-state index in [1.807, 2.05) is 12.2 Å². The van der Waals surface area contributed by atoms with E-state index < -0.39 is 7.11 Å². The lowest BCUT2D eigenvalue weighted by Crippen LogP contribution is -2.01. The van der Waals surface area contributed by atoms with Crippen molar-refractivity contribution in [2.75, 3.05) is 6.16 Å². The molecular formula is C12H17OP. The third-order valence-corrected chi connectivity index (χ3v) is 6.47. The molecule has 1 nitrogen and oxygen atoms in total. The van der Waals surface area contributed by atoms with Crippen molar-refractivity contribution in [3.8, 4) is 0 Å². The maximum Gasteiger partial charge on any atom is 0.0113 e. The van der Waals surface area contributed by atoms with Gasteiger partial charge in [0, 0.05) is 18.2 Å². The van der Waals surface area contributed by atoms with E-state index in [1.54, 1.807) is 6.08 Å². The Kier molecular flexibility index (Phi) is 2.13. The van der Waals surface area contributed by atoms with Crippen molar-refractivity contribution in [3.63, 3.8) is 0 Å². The second kappa shape index (κ2) is 2.98. The van der Waals surface area contributed by atoms with Gasteiger partial charge in [-0.2, -0.15) is 0 Å². The summed E-state index contributed by atoms with van der Waals surface area (Å²) in [6.45, 7) is 7.74. The molecule has 14 heavy (non-hydrogen) atoms. The van der Waals surface area contributed by atoms with Gasteiger partial charge in [-0.25, -0.2) is 0 Å². The molecule has 1 N–H and O–H groups in total. The minimum atomic E-state index is -1.83. The zero-order valence-electron chi connectivity index (χ0n) is 8.45. The highest BCUT2D eigenvalue weighted by atomic mass is 31.2. The molecule has 2 aliphatic rings. The molecule has 0 radical (unpaired) electrons. The largest absolute Gasteiger partial charge is 0.376 e. The Balaban J connectivity index is 2.16. The summed E-state index contributed by atoms with van der Waals surface area (Å²) in [7, 11) is -1.83. The van der Waals surface area contributed by atoms with E-state index in [1.165, 1.54) is 0 Å². The van der Waals surface area contributed by atoms with Crippen LogP contribution in [0, 0.1) is 5.41 Å². The van der Waals surface area contributed by atoms with Crippen LogP contribution < -0.4 is 0 Å². The van der Waals surface area contributed by atoms with Crippen molar-refractivity contribution in [2.45, 2.75) is 18.5 Å². The minimum absolute atomic E-state index is 0.212. The summed E-state index contributed by atoms with van der Waals surface area (Å²) >= 11 is 0. The van der Waals surface area contributed by atoms with E-state index in [-0.39, 0.29) is 5.41 Å². The lowest BCUT2D eigenvalue weighted by atomic mass is 9.94. The van der Waals surface area contributed by atoms with Crippen LogP contribution in [0.1, 0.15) is 12.8 Å². The Hall–Kier alpha value is -0.520. The van der Waals surface area contributed by atoms with Gasteiger partial charge in [0.15, 0.2) is 0 Å². The Morgan fingerprint density at radius 2 is 2.29 bits per heavy atom. The van der Waals surface area contributed by atoms with Crippen molar-refractivity contribution < 1.29 is 4.89 Å². The molecule has 1 aliphatic heterocycles. The van der Waals surface area contributed by atoms with Gasteiger partial charge >= 0.3 is 0 Å². The van der Waals surface area contributed by atoms with Gasteiger partial charge in [-0.05, 0) is 24.6 Å². The summed E-state index contributed by atoms with van der Waals surface area (Å²) in [5, 5.41) is 0. The van der Waals surface area contributed by atoms with Crippen LogP contribution in [0.3, 0.4) is 0 Å². The van der Waals surface area contributed by atoms with Crippen LogP contribution in [-0.4, -0.2) is 23.0 Å². The molecule has 1 saturated heterocycles. The molecule has 1 heterocycles. The average molecular weight is 208 g/mol.